The van der Waals surface area contributed by atoms with Crippen LogP contribution in [-0.4, -0.2) is 46.9 Å². The molecule has 0 radical (unpaired) electrons. The standard InChI is InChI=1S/C33H24O12/c1-33(8-7-15-18(35)12-22-25(26(15)37)27(38)16-5-4-6-20(40-2)29(16)43-22)13-42-32-30-17(11-23(41-3)31(32)45-33)28(39)24-19(36)9-14(34)10-21(24)44-30/h4-12,34-37H,13H2,1-3H3. The summed E-state index contributed by atoms with van der Waals surface area (Å²) in [6, 6.07) is 9.66. The second kappa shape index (κ2) is 9.74. The Balaban J connectivity index is 1.33. The van der Waals surface area contributed by atoms with Crippen molar-refractivity contribution in [2.24, 2.45) is 0 Å². The molecular weight excluding hydrogens is 588 g/mol. The van der Waals surface area contributed by atoms with Crippen molar-refractivity contribution in [3.63, 3.8) is 0 Å². The van der Waals surface area contributed by atoms with E-state index in [4.69, 9.17) is 27.8 Å². The van der Waals surface area contributed by atoms with Gasteiger partial charge in [-0.25, -0.2) is 0 Å². The molecular formula is C33H24O12. The largest absolute Gasteiger partial charge is 0.508 e. The third-order valence-corrected chi connectivity index (χ3v) is 7.73. The van der Waals surface area contributed by atoms with E-state index in [9.17, 15) is 30.0 Å². The summed E-state index contributed by atoms with van der Waals surface area (Å²) < 4.78 is 34.9. The lowest BCUT2D eigenvalue weighted by molar-refractivity contribution is 0.0424. The van der Waals surface area contributed by atoms with Crippen LogP contribution < -0.4 is 29.8 Å². The second-order valence-corrected chi connectivity index (χ2v) is 10.7. The second-order valence-electron chi connectivity index (χ2n) is 10.7. The van der Waals surface area contributed by atoms with E-state index < -0.39 is 28.0 Å². The third kappa shape index (κ3) is 4.13. The van der Waals surface area contributed by atoms with E-state index in [1.54, 1.807) is 25.1 Å². The maximum absolute atomic E-state index is 13.4. The van der Waals surface area contributed by atoms with Crippen molar-refractivity contribution in [1.82, 2.24) is 0 Å². The number of hydrogen-bond acceptors (Lipinski definition) is 12. The predicted octanol–water partition coefficient (Wildman–Crippen LogP) is 5.29. The molecule has 1 aliphatic heterocycles. The number of phenols is 4. The van der Waals surface area contributed by atoms with Gasteiger partial charge in [-0.15, -0.1) is 0 Å². The number of aromatic hydroxyl groups is 4. The van der Waals surface area contributed by atoms with Crippen LogP contribution in [0.15, 0.2) is 67.0 Å². The summed E-state index contributed by atoms with van der Waals surface area (Å²) in [5.74, 6) is -0.982. The molecule has 228 valence electrons. The first-order chi connectivity index (χ1) is 21.5. The smallest absolute Gasteiger partial charge is 0.209 e. The first kappa shape index (κ1) is 27.8. The van der Waals surface area contributed by atoms with Gasteiger partial charge in [0.1, 0.15) is 51.5 Å². The van der Waals surface area contributed by atoms with Crippen LogP contribution in [0.2, 0.25) is 0 Å². The van der Waals surface area contributed by atoms with E-state index in [-0.39, 0.29) is 84.8 Å². The van der Waals surface area contributed by atoms with Gasteiger partial charge in [-0.2, -0.15) is 0 Å². The number of methoxy groups -OCH3 is 2. The Morgan fingerprint density at radius 3 is 2.27 bits per heavy atom. The SMILES string of the molecule is COc1cc2c(=O)c3c(O)cc(O)cc3oc2c2c1OC(C)(C=Cc1c(O)cc3oc4c(OC)cccc4c(=O)c3c1O)CO2. The highest BCUT2D eigenvalue weighted by molar-refractivity contribution is 5.99. The van der Waals surface area contributed by atoms with Crippen LogP contribution in [-0.2, 0) is 0 Å². The highest BCUT2D eigenvalue weighted by atomic mass is 16.6. The highest BCUT2D eigenvalue weighted by Gasteiger charge is 2.36. The van der Waals surface area contributed by atoms with E-state index in [0.29, 0.717) is 5.75 Å². The maximum Gasteiger partial charge on any atom is 0.209 e. The third-order valence-electron chi connectivity index (χ3n) is 7.73. The molecule has 1 aliphatic rings. The van der Waals surface area contributed by atoms with E-state index in [2.05, 4.69) is 0 Å². The van der Waals surface area contributed by atoms with Gasteiger partial charge < -0.3 is 48.2 Å². The zero-order valence-electron chi connectivity index (χ0n) is 24.0. The van der Waals surface area contributed by atoms with Crippen LogP contribution in [0.1, 0.15) is 12.5 Å². The normalized spacial score (nSPS) is 16.2. The topological polar surface area (TPSA) is 178 Å². The van der Waals surface area contributed by atoms with Crippen molar-refractivity contribution in [2.45, 2.75) is 12.5 Å². The average Bonchev–Trinajstić information content (AvgIpc) is 3.00. The molecule has 7 rings (SSSR count). The van der Waals surface area contributed by atoms with Crippen molar-refractivity contribution < 1.29 is 48.2 Å². The Morgan fingerprint density at radius 1 is 0.800 bits per heavy atom. The van der Waals surface area contributed by atoms with Gasteiger partial charge in [0.2, 0.25) is 22.4 Å². The molecule has 45 heavy (non-hydrogen) atoms. The first-order valence-electron chi connectivity index (χ1n) is 13.6. The van der Waals surface area contributed by atoms with Gasteiger partial charge in [-0.05, 0) is 37.3 Å². The first-order valence-corrected chi connectivity index (χ1v) is 13.6. The molecule has 1 atom stereocenters. The van der Waals surface area contributed by atoms with Crippen molar-refractivity contribution in [2.75, 3.05) is 20.8 Å². The van der Waals surface area contributed by atoms with Crippen LogP contribution in [0.5, 0.6) is 46.0 Å². The van der Waals surface area contributed by atoms with Crippen LogP contribution in [0.3, 0.4) is 0 Å². The summed E-state index contributed by atoms with van der Waals surface area (Å²) in [4.78, 5) is 26.7. The lowest BCUT2D eigenvalue weighted by Crippen LogP contribution is -2.40. The van der Waals surface area contributed by atoms with Gasteiger partial charge in [0.15, 0.2) is 28.3 Å². The molecule has 2 aromatic heterocycles. The molecule has 4 N–H and O–H groups in total. The van der Waals surface area contributed by atoms with Crippen LogP contribution >= 0.6 is 0 Å². The number of fused-ring (bicyclic) bond motifs is 6. The number of rotatable bonds is 4. The number of hydrogen-bond donors (Lipinski definition) is 4. The molecule has 1 unspecified atom stereocenters. The fraction of sp³-hybridized carbons (Fsp3) is 0.152. The highest BCUT2D eigenvalue weighted by Crippen LogP contribution is 2.49. The Labute approximate surface area is 252 Å². The summed E-state index contributed by atoms with van der Waals surface area (Å²) in [5, 5.41) is 42.2. The lowest BCUT2D eigenvalue weighted by Gasteiger charge is -2.34. The minimum Gasteiger partial charge on any atom is -0.508 e. The molecule has 6 aromatic rings. The summed E-state index contributed by atoms with van der Waals surface area (Å²) in [6.07, 6.45) is 2.92. The molecule has 0 saturated heterocycles. The van der Waals surface area contributed by atoms with Gasteiger partial charge in [-0.3, -0.25) is 9.59 Å². The van der Waals surface area contributed by atoms with E-state index in [1.807, 2.05) is 0 Å². The van der Waals surface area contributed by atoms with Crippen LogP contribution in [0, 0.1) is 0 Å². The van der Waals surface area contributed by atoms with E-state index in [0.717, 1.165) is 6.07 Å². The molecule has 0 bridgehead atoms. The average molecular weight is 613 g/mol. The summed E-state index contributed by atoms with van der Waals surface area (Å²) in [7, 11) is 2.81. The monoisotopic (exact) mass is 612 g/mol. The van der Waals surface area contributed by atoms with Gasteiger partial charge in [0, 0.05) is 18.2 Å². The molecule has 0 aliphatic carbocycles. The minimum atomic E-state index is -1.21. The Kier molecular flexibility index (Phi) is 6.01. The maximum atomic E-state index is 13.4. The molecule has 0 fully saturated rings. The zero-order chi connectivity index (χ0) is 31.8. The molecule has 4 aromatic carbocycles. The minimum absolute atomic E-state index is 0.0136. The van der Waals surface area contributed by atoms with E-state index >= 15 is 0 Å². The Bertz CT molecular complexity index is 2380. The Morgan fingerprint density at radius 2 is 1.51 bits per heavy atom. The predicted molar refractivity (Wildman–Crippen MR) is 163 cm³/mol. The van der Waals surface area contributed by atoms with Crippen LogP contribution in [0.4, 0.5) is 0 Å². The molecule has 0 spiro atoms. The summed E-state index contributed by atoms with van der Waals surface area (Å²) in [6.45, 7) is 1.56. The number of ether oxygens (including phenoxy) is 4. The molecule has 3 heterocycles. The fourth-order valence-electron chi connectivity index (χ4n) is 5.52. The van der Waals surface area contributed by atoms with Crippen molar-refractivity contribution in [3.8, 4) is 46.0 Å². The Hall–Kier alpha value is -6.04. The number of phenolic OH excluding ortho intramolecular Hbond substituents is 4. The van der Waals surface area contributed by atoms with Crippen molar-refractivity contribution in [1.29, 1.82) is 0 Å². The van der Waals surface area contributed by atoms with E-state index in [1.165, 1.54) is 44.6 Å². The number of benzene rings is 4. The molecule has 0 amide bonds. The van der Waals surface area contributed by atoms with Gasteiger partial charge in [0.25, 0.3) is 0 Å². The summed E-state index contributed by atoms with van der Waals surface area (Å²) >= 11 is 0. The quantitative estimate of drug-likeness (QED) is 0.189. The van der Waals surface area contributed by atoms with Gasteiger partial charge in [-0.1, -0.05) is 6.07 Å². The van der Waals surface area contributed by atoms with Gasteiger partial charge in [0.05, 0.1) is 30.6 Å². The van der Waals surface area contributed by atoms with Crippen molar-refractivity contribution >= 4 is 50.0 Å². The van der Waals surface area contributed by atoms with Crippen LogP contribution in [0.25, 0.3) is 50.0 Å². The fourth-order valence-corrected chi connectivity index (χ4v) is 5.52. The van der Waals surface area contributed by atoms with Crippen molar-refractivity contribution in [3.05, 3.63) is 74.6 Å². The lowest BCUT2D eigenvalue weighted by atomic mass is 10.0. The molecule has 0 saturated carbocycles. The van der Waals surface area contributed by atoms with Gasteiger partial charge >= 0.3 is 0 Å². The molecule has 12 heteroatoms. The number of para-hydroxylation sites is 1. The summed E-state index contributed by atoms with van der Waals surface area (Å²) in [5.41, 5.74) is -2.26. The zero-order valence-corrected chi connectivity index (χ0v) is 24.0. The molecule has 12 nitrogen and oxygen atoms in total.